The number of rotatable bonds is 2. The van der Waals surface area contributed by atoms with Crippen LogP contribution in [0.3, 0.4) is 0 Å². The minimum absolute atomic E-state index is 0. The summed E-state index contributed by atoms with van der Waals surface area (Å²) in [5.41, 5.74) is 10.6. The maximum atomic E-state index is 10.5. The fourth-order valence-electron chi connectivity index (χ4n) is 1.63. The summed E-state index contributed by atoms with van der Waals surface area (Å²) in [6.07, 6.45) is 6.60. The molecule has 0 spiro atoms. The van der Waals surface area contributed by atoms with E-state index in [1.54, 1.807) is 18.4 Å². The smallest absolute Gasteiger partial charge is 0.687 e. The Bertz CT molecular complexity index is 515. The van der Waals surface area contributed by atoms with E-state index in [1.165, 1.54) is 0 Å². The Morgan fingerprint density at radius 3 is 1.62 bits per heavy atom. The molecule has 2 aliphatic heterocycles. The van der Waals surface area contributed by atoms with Gasteiger partial charge < -0.3 is 43.3 Å². The average molecular weight is 472 g/mol. The molecule has 12 N–H and O–H groups in total. The van der Waals surface area contributed by atoms with Crippen LogP contribution in [0.2, 0.25) is 0 Å². The maximum Gasteiger partial charge on any atom is 2.00 e. The van der Waals surface area contributed by atoms with E-state index in [1.807, 2.05) is 0 Å². The fourth-order valence-corrected chi connectivity index (χ4v) is 1.63. The third-order valence-corrected chi connectivity index (χ3v) is 2.73. The number of carbonyl (C=O) groups is 4. The molecule has 2 amide bonds. The molecule has 2 aliphatic rings. The van der Waals surface area contributed by atoms with Crippen molar-refractivity contribution in [2.45, 2.75) is 26.7 Å². The number of nitrogens with zero attached hydrogens (tertiary/aromatic N) is 2. The zero-order valence-corrected chi connectivity index (χ0v) is 17.3. The molecule has 12 nitrogen and oxygen atoms in total. The van der Waals surface area contributed by atoms with Crippen molar-refractivity contribution in [3.63, 3.8) is 0 Å². The number of aliphatic carboxylic acids is 2. The van der Waals surface area contributed by atoms with Gasteiger partial charge >= 0.3 is 17.1 Å². The first-order valence-electron chi connectivity index (χ1n) is 7.72. The zero-order chi connectivity index (χ0) is 20.5. The van der Waals surface area contributed by atoms with E-state index in [0.717, 1.165) is 39.8 Å². The van der Waals surface area contributed by atoms with Crippen LogP contribution < -0.4 is 11.5 Å². The molecule has 2 heterocycles. The number of nitrogens with two attached hydrogens (primary N) is 2. The standard InChI is InChI=1S/C6H11N2O.C6H7N2O.2C2H4O2.Cu.2H2O/c2*7-6(9)5-1-3-8-4-2-5;2*1-2(3)4;;;/h5H,1-4H2,(H2,7,9);1-3H,4H2,(H2,7,9);2*1H3,(H,3,4);;2*1H2/q2*-1;;;+2;;/p+2. The van der Waals surface area contributed by atoms with Crippen molar-refractivity contribution in [2.24, 2.45) is 17.4 Å². The number of piperidine rings is 1. The Hall–Kier alpha value is -2.44. The van der Waals surface area contributed by atoms with Gasteiger partial charge in [-0.3, -0.25) is 19.2 Å². The number of carboxylic acid groups (broad SMARTS) is 2. The molecule has 0 unspecified atom stereocenters. The molecule has 0 aliphatic carbocycles. The van der Waals surface area contributed by atoms with Gasteiger partial charge in [0.25, 0.3) is 11.9 Å². The Balaban J connectivity index is -0.0000000912. The Morgan fingerprint density at radius 2 is 1.41 bits per heavy atom. The van der Waals surface area contributed by atoms with E-state index in [4.69, 9.17) is 31.3 Å². The molecule has 0 bridgehead atoms. The van der Waals surface area contributed by atoms with Gasteiger partial charge in [0.15, 0.2) is 0 Å². The van der Waals surface area contributed by atoms with E-state index in [-0.39, 0.29) is 45.8 Å². The molecular formula is C16H32CuN4O8+2. The summed E-state index contributed by atoms with van der Waals surface area (Å²) in [6.45, 7) is 4.36. The quantitative estimate of drug-likeness (QED) is 0.286. The monoisotopic (exact) mass is 471 g/mol. The average Bonchev–Trinajstić information content (AvgIpc) is 2.56. The van der Waals surface area contributed by atoms with Crippen LogP contribution in [0.15, 0.2) is 23.9 Å². The number of amides is 2. The molecule has 0 aromatic heterocycles. The molecular weight excluding hydrogens is 440 g/mol. The third-order valence-electron chi connectivity index (χ3n) is 2.73. The second-order valence-electron chi connectivity index (χ2n) is 5.09. The molecule has 0 saturated carbocycles. The zero-order valence-electron chi connectivity index (χ0n) is 16.4. The number of carbonyl (C=O) groups excluding carboxylic acids is 2. The van der Waals surface area contributed by atoms with Gasteiger partial charge in [0.2, 0.25) is 11.8 Å². The summed E-state index contributed by atoms with van der Waals surface area (Å²) in [5.74, 6) is -2.12. The third kappa shape index (κ3) is 30.5. The van der Waals surface area contributed by atoms with Crippen molar-refractivity contribution in [3.05, 3.63) is 34.6 Å². The summed E-state index contributed by atoms with van der Waals surface area (Å²) < 4.78 is 0. The van der Waals surface area contributed by atoms with Crippen LogP contribution in [0.1, 0.15) is 26.7 Å². The van der Waals surface area contributed by atoms with Crippen LogP contribution in [-0.2, 0) is 47.2 Å². The summed E-state index contributed by atoms with van der Waals surface area (Å²) >= 11 is 0. The van der Waals surface area contributed by atoms with E-state index in [9.17, 15) is 9.59 Å². The van der Waals surface area contributed by atoms with Crippen molar-refractivity contribution in [3.8, 4) is 0 Å². The van der Waals surface area contributed by atoms with Crippen molar-refractivity contribution in [1.29, 1.82) is 0 Å². The van der Waals surface area contributed by atoms with Gasteiger partial charge in [-0.25, -0.2) is 0 Å². The molecule has 1 radical (unpaired) electrons. The Morgan fingerprint density at radius 1 is 1.00 bits per heavy atom. The number of primary amides is 2. The van der Waals surface area contributed by atoms with E-state index >= 15 is 0 Å². The van der Waals surface area contributed by atoms with Gasteiger partial charge in [-0.1, -0.05) is 25.0 Å². The molecule has 0 aromatic carbocycles. The molecule has 1 fully saturated rings. The molecule has 173 valence electrons. The van der Waals surface area contributed by atoms with Crippen LogP contribution in [0.4, 0.5) is 0 Å². The molecule has 1 saturated heterocycles. The van der Waals surface area contributed by atoms with Crippen LogP contribution in [0.25, 0.3) is 10.6 Å². The van der Waals surface area contributed by atoms with E-state index in [0.29, 0.717) is 12.1 Å². The van der Waals surface area contributed by atoms with Gasteiger partial charge in [0.1, 0.15) is 0 Å². The topological polar surface area (TPSA) is 255 Å². The largest absolute Gasteiger partial charge is 2.00 e. The second kappa shape index (κ2) is 23.6. The summed E-state index contributed by atoms with van der Waals surface area (Å²) in [5, 5.41) is 22.8. The number of carboxylic acids is 2. The summed E-state index contributed by atoms with van der Waals surface area (Å²) in [7, 11) is 0. The molecule has 29 heavy (non-hydrogen) atoms. The predicted octanol–water partition coefficient (Wildman–Crippen LogP) is -1.11. The van der Waals surface area contributed by atoms with Crippen molar-refractivity contribution in [1.82, 2.24) is 0 Å². The normalized spacial score (nSPS) is 13.5. The van der Waals surface area contributed by atoms with Gasteiger partial charge in [-0.15, -0.1) is 19.6 Å². The van der Waals surface area contributed by atoms with Gasteiger partial charge in [0, 0.05) is 25.3 Å². The van der Waals surface area contributed by atoms with E-state index < -0.39 is 11.9 Å². The first kappa shape index (κ1) is 37.3. The van der Waals surface area contributed by atoms with Gasteiger partial charge in [-0.05, 0) is 0 Å². The van der Waals surface area contributed by atoms with Crippen LogP contribution in [0.5, 0.6) is 0 Å². The molecule has 2 rings (SSSR count). The summed E-state index contributed by atoms with van der Waals surface area (Å²) in [4.78, 5) is 39.0. The fraction of sp³-hybridized carbons (Fsp3) is 0.500. The molecule has 0 aromatic rings. The number of hydrogen-bond donors (Lipinski definition) is 4. The van der Waals surface area contributed by atoms with Gasteiger partial charge in [0.05, 0.1) is 0 Å². The minimum Gasteiger partial charge on any atom is -0.687 e. The van der Waals surface area contributed by atoms with Crippen LogP contribution >= 0.6 is 0 Å². The molecule has 0 atom stereocenters. The summed E-state index contributed by atoms with van der Waals surface area (Å²) in [6, 6.07) is 0. The first-order valence-corrected chi connectivity index (χ1v) is 7.72. The van der Waals surface area contributed by atoms with Gasteiger partial charge in [-0.2, -0.15) is 6.20 Å². The second-order valence-corrected chi connectivity index (χ2v) is 5.09. The van der Waals surface area contributed by atoms with Crippen molar-refractivity contribution in [2.75, 3.05) is 19.6 Å². The minimum atomic E-state index is -0.833. The Kier molecular flexibility index (Phi) is 30.4. The van der Waals surface area contributed by atoms with E-state index in [2.05, 4.69) is 10.6 Å². The maximum absolute atomic E-state index is 10.5. The predicted molar refractivity (Wildman–Crippen MR) is 106 cm³/mol. The number of hydrogen-bond acceptors (Lipinski definition) is 4. The van der Waals surface area contributed by atoms with Crippen LogP contribution in [-0.4, -0.2) is 53.6 Å². The Labute approximate surface area is 179 Å². The SMILES string of the molecule is CC(=O)O.CC(=O)O.NC(=O)C1=CC[N-]C=C1.NC(=O)C1CC[N-]CC1.[Cu+2].[OH3+].[OH3+]. The van der Waals surface area contributed by atoms with Crippen molar-refractivity contribution >= 4 is 23.8 Å². The molecule has 13 heteroatoms. The first-order chi connectivity index (χ1) is 12.1. The van der Waals surface area contributed by atoms with Crippen LogP contribution in [0, 0.1) is 5.92 Å². The van der Waals surface area contributed by atoms with Crippen molar-refractivity contribution < 1.29 is 57.4 Å².